The van der Waals surface area contributed by atoms with Gasteiger partial charge in [0, 0.05) is 49.5 Å². The highest BCUT2D eigenvalue weighted by molar-refractivity contribution is 5.93. The lowest BCUT2D eigenvalue weighted by atomic mass is 10.1. The van der Waals surface area contributed by atoms with Crippen LogP contribution < -0.4 is 10.2 Å². The number of piperazine rings is 1. The Hall–Kier alpha value is -2.47. The average Bonchev–Trinajstić information content (AvgIpc) is 3.51. The molecule has 2 aromatic rings. The van der Waals surface area contributed by atoms with Crippen LogP contribution in [-0.2, 0) is 4.79 Å². The number of hydrogen-bond donors (Lipinski definition) is 1. The molecular weight excluding hydrogens is 338 g/mol. The number of carbonyl (C=O) groups is 1. The molecule has 0 radical (unpaired) electrons. The minimum Gasteiger partial charge on any atom is -0.354 e. The number of aromatic nitrogens is 2. The predicted molar refractivity (Wildman–Crippen MR) is 107 cm³/mol. The van der Waals surface area contributed by atoms with Crippen LogP contribution in [0.15, 0.2) is 30.6 Å². The zero-order valence-corrected chi connectivity index (χ0v) is 16.1. The van der Waals surface area contributed by atoms with Crippen molar-refractivity contribution in [2.75, 3.05) is 42.9 Å². The largest absolute Gasteiger partial charge is 0.354 e. The molecule has 1 saturated carbocycles. The molecule has 27 heavy (non-hydrogen) atoms. The Labute approximate surface area is 160 Å². The first-order chi connectivity index (χ1) is 13.1. The summed E-state index contributed by atoms with van der Waals surface area (Å²) in [6, 6.07) is 8.21. The summed E-state index contributed by atoms with van der Waals surface area (Å²) < 4.78 is 0. The van der Waals surface area contributed by atoms with E-state index in [0.29, 0.717) is 12.5 Å². The summed E-state index contributed by atoms with van der Waals surface area (Å²) in [4.78, 5) is 25.8. The fourth-order valence-corrected chi connectivity index (χ4v) is 3.67. The molecular formula is C21H27N5O. The number of nitrogens with zero attached hydrogens (tertiary/aromatic N) is 4. The Morgan fingerprint density at radius 2 is 1.81 bits per heavy atom. The third-order valence-corrected chi connectivity index (χ3v) is 5.48. The molecule has 0 atom stereocenters. The van der Waals surface area contributed by atoms with Crippen LogP contribution in [0.3, 0.4) is 0 Å². The van der Waals surface area contributed by atoms with Crippen LogP contribution in [0.1, 0.15) is 35.6 Å². The van der Waals surface area contributed by atoms with Gasteiger partial charge in [-0.1, -0.05) is 18.2 Å². The highest BCUT2D eigenvalue weighted by Gasteiger charge is 2.26. The molecule has 1 aliphatic carbocycles. The van der Waals surface area contributed by atoms with E-state index in [9.17, 15) is 4.79 Å². The van der Waals surface area contributed by atoms with Crippen molar-refractivity contribution in [1.29, 1.82) is 0 Å². The lowest BCUT2D eigenvalue weighted by molar-refractivity contribution is -0.117. The van der Waals surface area contributed by atoms with Crippen LogP contribution in [0.25, 0.3) is 0 Å². The molecule has 1 aromatic carbocycles. The van der Waals surface area contributed by atoms with Crippen molar-refractivity contribution in [3.8, 4) is 0 Å². The van der Waals surface area contributed by atoms with Gasteiger partial charge in [0.1, 0.15) is 12.1 Å². The van der Waals surface area contributed by atoms with E-state index in [-0.39, 0.29) is 5.91 Å². The molecule has 1 amide bonds. The number of nitrogens with one attached hydrogen (secondary N) is 1. The fourth-order valence-electron chi connectivity index (χ4n) is 3.67. The minimum absolute atomic E-state index is 0.0545. The first kappa shape index (κ1) is 17.9. The van der Waals surface area contributed by atoms with E-state index >= 15 is 0 Å². The van der Waals surface area contributed by atoms with Crippen molar-refractivity contribution in [2.24, 2.45) is 0 Å². The summed E-state index contributed by atoms with van der Waals surface area (Å²) in [6.07, 6.45) is 4.19. The van der Waals surface area contributed by atoms with Gasteiger partial charge in [-0.2, -0.15) is 0 Å². The molecule has 1 aromatic heterocycles. The van der Waals surface area contributed by atoms with Gasteiger partial charge in [0.15, 0.2) is 0 Å². The maximum atomic E-state index is 12.5. The maximum Gasteiger partial charge on any atom is 0.238 e. The summed E-state index contributed by atoms with van der Waals surface area (Å²) in [6.45, 7) is 7.98. The summed E-state index contributed by atoms with van der Waals surface area (Å²) in [7, 11) is 0. The Bertz CT molecular complexity index is 805. The molecule has 6 heteroatoms. The van der Waals surface area contributed by atoms with Crippen LogP contribution >= 0.6 is 0 Å². The fraction of sp³-hybridized carbons (Fsp3) is 0.476. The molecule has 0 bridgehead atoms. The second kappa shape index (κ2) is 7.64. The van der Waals surface area contributed by atoms with Gasteiger partial charge in [0.25, 0.3) is 0 Å². The van der Waals surface area contributed by atoms with E-state index in [1.54, 1.807) is 6.33 Å². The second-order valence-electron chi connectivity index (χ2n) is 7.65. The van der Waals surface area contributed by atoms with E-state index in [2.05, 4.69) is 31.2 Å². The van der Waals surface area contributed by atoms with Gasteiger partial charge in [0.2, 0.25) is 5.91 Å². The third kappa shape index (κ3) is 4.27. The van der Waals surface area contributed by atoms with Crippen molar-refractivity contribution < 1.29 is 4.79 Å². The smallest absolute Gasteiger partial charge is 0.238 e. The zero-order valence-electron chi connectivity index (χ0n) is 16.1. The molecule has 0 unspecified atom stereocenters. The normalized spacial score (nSPS) is 17.8. The zero-order chi connectivity index (χ0) is 18.8. The van der Waals surface area contributed by atoms with E-state index in [1.807, 2.05) is 32.0 Å². The van der Waals surface area contributed by atoms with Crippen molar-refractivity contribution in [3.63, 3.8) is 0 Å². The van der Waals surface area contributed by atoms with E-state index in [4.69, 9.17) is 0 Å². The van der Waals surface area contributed by atoms with E-state index in [1.165, 1.54) is 18.5 Å². The van der Waals surface area contributed by atoms with Gasteiger partial charge in [-0.15, -0.1) is 0 Å². The Morgan fingerprint density at radius 3 is 2.48 bits per heavy atom. The van der Waals surface area contributed by atoms with Gasteiger partial charge in [0.05, 0.1) is 6.54 Å². The topological polar surface area (TPSA) is 61.4 Å². The highest BCUT2D eigenvalue weighted by Crippen LogP contribution is 2.39. The van der Waals surface area contributed by atoms with Crippen molar-refractivity contribution in [1.82, 2.24) is 14.9 Å². The lowest BCUT2D eigenvalue weighted by Crippen LogP contribution is -2.49. The number of amides is 1. The lowest BCUT2D eigenvalue weighted by Gasteiger charge is -2.35. The van der Waals surface area contributed by atoms with Crippen LogP contribution in [0, 0.1) is 13.8 Å². The first-order valence-corrected chi connectivity index (χ1v) is 9.75. The summed E-state index contributed by atoms with van der Waals surface area (Å²) in [5, 5.41) is 3.08. The van der Waals surface area contributed by atoms with Gasteiger partial charge in [-0.05, 0) is 37.8 Å². The molecule has 142 valence electrons. The number of hydrogen-bond acceptors (Lipinski definition) is 5. The molecule has 1 aliphatic heterocycles. The molecule has 2 aliphatic rings. The van der Waals surface area contributed by atoms with Gasteiger partial charge < -0.3 is 10.2 Å². The summed E-state index contributed by atoms with van der Waals surface area (Å²) in [5.41, 5.74) is 4.32. The van der Waals surface area contributed by atoms with Crippen molar-refractivity contribution in [3.05, 3.63) is 47.4 Å². The molecule has 4 rings (SSSR count). The number of anilines is 2. The number of rotatable bonds is 5. The minimum atomic E-state index is 0.0545. The second-order valence-corrected chi connectivity index (χ2v) is 7.65. The highest BCUT2D eigenvalue weighted by atomic mass is 16.2. The van der Waals surface area contributed by atoms with Crippen LogP contribution in [0.5, 0.6) is 0 Å². The monoisotopic (exact) mass is 365 g/mol. The standard InChI is InChI=1S/C21H27N5O/c1-15-4-3-5-16(2)21(15)24-20(27)13-25-8-10-26(11-9-25)19-12-18(17-6-7-17)22-14-23-19/h3-5,12,14,17H,6-11,13H2,1-2H3,(H,24,27). The molecule has 2 fully saturated rings. The predicted octanol–water partition coefficient (Wildman–Crippen LogP) is 2.73. The Morgan fingerprint density at radius 1 is 1.11 bits per heavy atom. The van der Waals surface area contributed by atoms with Gasteiger partial charge in [-0.25, -0.2) is 9.97 Å². The molecule has 2 heterocycles. The summed E-state index contributed by atoms with van der Waals surface area (Å²) in [5.74, 6) is 1.71. The first-order valence-electron chi connectivity index (χ1n) is 9.75. The Balaban J connectivity index is 1.30. The van der Waals surface area contributed by atoms with E-state index in [0.717, 1.165) is 48.8 Å². The van der Waals surface area contributed by atoms with Crippen LogP contribution in [0.4, 0.5) is 11.5 Å². The van der Waals surface area contributed by atoms with Gasteiger partial charge >= 0.3 is 0 Å². The van der Waals surface area contributed by atoms with Crippen molar-refractivity contribution in [2.45, 2.75) is 32.6 Å². The molecule has 1 saturated heterocycles. The van der Waals surface area contributed by atoms with Gasteiger partial charge in [-0.3, -0.25) is 9.69 Å². The number of carbonyl (C=O) groups excluding carboxylic acids is 1. The molecule has 1 N–H and O–H groups in total. The van der Waals surface area contributed by atoms with E-state index < -0.39 is 0 Å². The SMILES string of the molecule is Cc1cccc(C)c1NC(=O)CN1CCN(c2cc(C3CC3)ncn2)CC1. The van der Waals surface area contributed by atoms with Crippen molar-refractivity contribution >= 4 is 17.4 Å². The maximum absolute atomic E-state index is 12.5. The summed E-state index contributed by atoms with van der Waals surface area (Å²) >= 11 is 0. The third-order valence-electron chi connectivity index (χ3n) is 5.48. The van der Waals surface area contributed by atoms with Crippen LogP contribution in [0.2, 0.25) is 0 Å². The number of benzene rings is 1. The molecule has 6 nitrogen and oxygen atoms in total. The van der Waals surface area contributed by atoms with Crippen LogP contribution in [-0.4, -0.2) is 53.5 Å². The quantitative estimate of drug-likeness (QED) is 0.883. The average molecular weight is 365 g/mol. The molecule has 0 spiro atoms. The Kier molecular flexibility index (Phi) is 5.07. The number of aryl methyl sites for hydroxylation is 2. The number of para-hydroxylation sites is 1.